The van der Waals surface area contributed by atoms with E-state index in [1.165, 1.54) is 18.4 Å². The minimum Gasteiger partial charge on any atom is -0.492 e. The SMILES string of the molecule is Cl.Clc1cc(-c2ccccc2)ccc1OCCC1CCNCC1. The van der Waals surface area contributed by atoms with Crippen LogP contribution in [0.1, 0.15) is 19.3 Å². The van der Waals surface area contributed by atoms with Crippen molar-refractivity contribution in [3.8, 4) is 16.9 Å². The summed E-state index contributed by atoms with van der Waals surface area (Å²) in [5, 5.41) is 4.08. The molecule has 0 aromatic heterocycles. The number of hydrogen-bond acceptors (Lipinski definition) is 2. The van der Waals surface area contributed by atoms with Crippen molar-refractivity contribution >= 4 is 24.0 Å². The molecule has 0 atom stereocenters. The molecule has 2 aromatic rings. The quantitative estimate of drug-likeness (QED) is 0.799. The van der Waals surface area contributed by atoms with E-state index in [1.54, 1.807) is 0 Å². The van der Waals surface area contributed by atoms with Crippen molar-refractivity contribution in [3.05, 3.63) is 53.6 Å². The second-order valence-corrected chi connectivity index (χ2v) is 6.25. The molecule has 1 N–H and O–H groups in total. The van der Waals surface area contributed by atoms with Gasteiger partial charge in [0.2, 0.25) is 0 Å². The predicted octanol–water partition coefficient (Wildman–Crippen LogP) is 5.20. The van der Waals surface area contributed by atoms with E-state index in [1.807, 2.05) is 30.3 Å². The Kier molecular flexibility index (Phi) is 7.22. The molecule has 0 bridgehead atoms. The highest BCUT2D eigenvalue weighted by Gasteiger charge is 2.13. The number of hydrogen-bond donors (Lipinski definition) is 1. The van der Waals surface area contributed by atoms with Gasteiger partial charge in [0, 0.05) is 0 Å². The molecule has 1 aliphatic rings. The van der Waals surface area contributed by atoms with E-state index >= 15 is 0 Å². The summed E-state index contributed by atoms with van der Waals surface area (Å²) in [5.74, 6) is 1.57. The number of nitrogens with one attached hydrogen (secondary N) is 1. The third-order valence-electron chi connectivity index (χ3n) is 4.28. The summed E-state index contributed by atoms with van der Waals surface area (Å²) in [6, 6.07) is 16.3. The van der Waals surface area contributed by atoms with Gasteiger partial charge in [0.1, 0.15) is 5.75 Å². The van der Waals surface area contributed by atoms with Crippen LogP contribution in [0.2, 0.25) is 5.02 Å². The van der Waals surface area contributed by atoms with Crippen molar-refractivity contribution in [1.29, 1.82) is 0 Å². The van der Waals surface area contributed by atoms with Crippen LogP contribution < -0.4 is 10.1 Å². The number of ether oxygens (including phenoxy) is 1. The molecule has 1 heterocycles. The zero-order chi connectivity index (χ0) is 15.2. The van der Waals surface area contributed by atoms with E-state index in [4.69, 9.17) is 16.3 Å². The normalized spacial score (nSPS) is 15.0. The minimum absolute atomic E-state index is 0. The van der Waals surface area contributed by atoms with E-state index in [0.717, 1.165) is 43.3 Å². The van der Waals surface area contributed by atoms with Gasteiger partial charge >= 0.3 is 0 Å². The highest BCUT2D eigenvalue weighted by atomic mass is 35.5. The molecule has 4 heteroatoms. The van der Waals surface area contributed by atoms with Gasteiger partial charge in [-0.1, -0.05) is 48.0 Å². The highest BCUT2D eigenvalue weighted by molar-refractivity contribution is 6.32. The van der Waals surface area contributed by atoms with Crippen molar-refractivity contribution in [2.24, 2.45) is 5.92 Å². The van der Waals surface area contributed by atoms with E-state index in [2.05, 4.69) is 23.5 Å². The first kappa shape index (κ1) is 18.1. The lowest BCUT2D eigenvalue weighted by atomic mass is 9.95. The number of halogens is 2. The lowest BCUT2D eigenvalue weighted by molar-refractivity contribution is 0.252. The molecule has 124 valence electrons. The Morgan fingerprint density at radius 2 is 1.74 bits per heavy atom. The molecular weight excluding hydrogens is 329 g/mol. The highest BCUT2D eigenvalue weighted by Crippen LogP contribution is 2.30. The van der Waals surface area contributed by atoms with Gasteiger partial charge in [-0.15, -0.1) is 12.4 Å². The molecule has 1 aliphatic heterocycles. The molecule has 0 amide bonds. The summed E-state index contributed by atoms with van der Waals surface area (Å²) in [5.41, 5.74) is 2.29. The van der Waals surface area contributed by atoms with Crippen molar-refractivity contribution in [2.75, 3.05) is 19.7 Å². The van der Waals surface area contributed by atoms with E-state index in [0.29, 0.717) is 5.02 Å². The molecule has 1 fully saturated rings. The van der Waals surface area contributed by atoms with E-state index in [9.17, 15) is 0 Å². The monoisotopic (exact) mass is 351 g/mol. The molecule has 0 aliphatic carbocycles. The summed E-state index contributed by atoms with van der Waals surface area (Å²) >= 11 is 6.37. The van der Waals surface area contributed by atoms with Crippen LogP contribution in [0.4, 0.5) is 0 Å². The zero-order valence-electron chi connectivity index (χ0n) is 13.1. The molecule has 0 spiro atoms. The molecule has 2 aromatic carbocycles. The smallest absolute Gasteiger partial charge is 0.137 e. The lowest BCUT2D eigenvalue weighted by Gasteiger charge is -2.22. The predicted molar refractivity (Wildman–Crippen MR) is 99.8 cm³/mol. The van der Waals surface area contributed by atoms with Crippen LogP contribution >= 0.6 is 24.0 Å². The first-order valence-corrected chi connectivity index (χ1v) is 8.39. The Morgan fingerprint density at radius 1 is 1.00 bits per heavy atom. The van der Waals surface area contributed by atoms with E-state index < -0.39 is 0 Å². The van der Waals surface area contributed by atoms with Crippen LogP contribution in [0, 0.1) is 5.92 Å². The summed E-state index contributed by atoms with van der Waals surface area (Å²) < 4.78 is 5.88. The van der Waals surface area contributed by atoms with Gasteiger partial charge in [0.25, 0.3) is 0 Å². The van der Waals surface area contributed by atoms with Gasteiger partial charge in [0.05, 0.1) is 11.6 Å². The standard InChI is InChI=1S/C19H22ClNO.ClH/c20-18-14-17(16-4-2-1-3-5-16)6-7-19(18)22-13-10-15-8-11-21-12-9-15;/h1-7,14-15,21H,8-13H2;1H. The number of piperidine rings is 1. The second-order valence-electron chi connectivity index (χ2n) is 5.84. The van der Waals surface area contributed by atoms with Crippen LogP contribution in [0.15, 0.2) is 48.5 Å². The molecule has 0 saturated carbocycles. The molecular formula is C19H23Cl2NO. The van der Waals surface area contributed by atoms with Crippen molar-refractivity contribution < 1.29 is 4.74 Å². The molecule has 2 nitrogen and oxygen atoms in total. The topological polar surface area (TPSA) is 21.3 Å². The van der Waals surface area contributed by atoms with Crippen molar-refractivity contribution in [1.82, 2.24) is 5.32 Å². The van der Waals surface area contributed by atoms with Crippen LogP contribution in [-0.4, -0.2) is 19.7 Å². The molecule has 0 unspecified atom stereocenters. The number of rotatable bonds is 5. The van der Waals surface area contributed by atoms with Crippen molar-refractivity contribution in [2.45, 2.75) is 19.3 Å². The van der Waals surface area contributed by atoms with Gasteiger partial charge in [-0.25, -0.2) is 0 Å². The average molecular weight is 352 g/mol. The molecule has 23 heavy (non-hydrogen) atoms. The van der Waals surface area contributed by atoms with Crippen LogP contribution in [0.3, 0.4) is 0 Å². The maximum absolute atomic E-state index is 6.37. The maximum Gasteiger partial charge on any atom is 0.137 e. The van der Waals surface area contributed by atoms with E-state index in [-0.39, 0.29) is 12.4 Å². The van der Waals surface area contributed by atoms with Crippen LogP contribution in [0.5, 0.6) is 5.75 Å². The van der Waals surface area contributed by atoms with Gasteiger partial charge < -0.3 is 10.1 Å². The Balaban J connectivity index is 0.00000192. The fourth-order valence-corrected chi connectivity index (χ4v) is 3.17. The average Bonchev–Trinajstić information content (AvgIpc) is 2.58. The van der Waals surface area contributed by atoms with Gasteiger partial charge in [-0.2, -0.15) is 0 Å². The largest absolute Gasteiger partial charge is 0.492 e. The Hall–Kier alpha value is -1.22. The van der Waals surface area contributed by atoms with Gasteiger partial charge in [-0.05, 0) is 61.5 Å². The fourth-order valence-electron chi connectivity index (χ4n) is 2.93. The molecule has 3 rings (SSSR count). The summed E-state index contributed by atoms with van der Waals surface area (Å²) in [6.45, 7) is 3.02. The zero-order valence-corrected chi connectivity index (χ0v) is 14.7. The summed E-state index contributed by atoms with van der Waals surface area (Å²) in [4.78, 5) is 0. The van der Waals surface area contributed by atoms with Gasteiger partial charge in [-0.3, -0.25) is 0 Å². The Morgan fingerprint density at radius 3 is 2.43 bits per heavy atom. The minimum atomic E-state index is 0. The second kappa shape index (κ2) is 9.17. The molecule has 0 radical (unpaired) electrons. The maximum atomic E-state index is 6.37. The van der Waals surface area contributed by atoms with Crippen LogP contribution in [-0.2, 0) is 0 Å². The van der Waals surface area contributed by atoms with Gasteiger partial charge in [0.15, 0.2) is 0 Å². The van der Waals surface area contributed by atoms with Crippen LogP contribution in [0.25, 0.3) is 11.1 Å². The lowest BCUT2D eigenvalue weighted by Crippen LogP contribution is -2.28. The first-order valence-electron chi connectivity index (χ1n) is 8.01. The summed E-state index contributed by atoms with van der Waals surface area (Å²) in [6.07, 6.45) is 3.62. The Labute approximate surface area is 149 Å². The fraction of sp³-hybridized carbons (Fsp3) is 0.368. The Bertz CT molecular complexity index is 598. The van der Waals surface area contributed by atoms with Crippen molar-refractivity contribution in [3.63, 3.8) is 0 Å². The number of benzene rings is 2. The first-order chi connectivity index (χ1) is 10.8. The third-order valence-corrected chi connectivity index (χ3v) is 4.58. The summed E-state index contributed by atoms with van der Waals surface area (Å²) in [7, 11) is 0. The molecule has 1 saturated heterocycles. The third kappa shape index (κ3) is 5.13.